The van der Waals surface area contributed by atoms with Gasteiger partial charge in [-0.15, -0.1) is 0 Å². The second-order valence-corrected chi connectivity index (χ2v) is 8.12. The number of halogens is 1. The van der Waals surface area contributed by atoms with Crippen LogP contribution >= 0.6 is 0 Å². The van der Waals surface area contributed by atoms with Crippen LogP contribution in [0, 0.1) is 5.82 Å². The first kappa shape index (κ1) is 22.3. The fourth-order valence-electron chi connectivity index (χ4n) is 4.37. The molecule has 1 unspecified atom stereocenters. The summed E-state index contributed by atoms with van der Waals surface area (Å²) >= 11 is 0. The lowest BCUT2D eigenvalue weighted by molar-refractivity contribution is -0.137. The molecule has 7 heteroatoms. The van der Waals surface area contributed by atoms with Gasteiger partial charge in [-0.25, -0.2) is 9.18 Å². The normalized spacial score (nSPS) is 13.1. The number of benzene rings is 3. The second-order valence-electron chi connectivity index (χ2n) is 8.12. The van der Waals surface area contributed by atoms with Gasteiger partial charge in [0.2, 0.25) is 0 Å². The highest BCUT2D eigenvalue weighted by molar-refractivity contribution is 5.79. The van der Waals surface area contributed by atoms with Gasteiger partial charge >= 0.3 is 12.1 Å². The zero-order chi connectivity index (χ0) is 23.4. The fourth-order valence-corrected chi connectivity index (χ4v) is 4.37. The lowest BCUT2D eigenvalue weighted by Crippen LogP contribution is -2.37. The Labute approximate surface area is 190 Å². The van der Waals surface area contributed by atoms with Crippen LogP contribution in [0.1, 0.15) is 35.4 Å². The van der Waals surface area contributed by atoms with Crippen molar-refractivity contribution in [2.75, 3.05) is 6.61 Å². The number of amides is 1. The van der Waals surface area contributed by atoms with E-state index in [-0.39, 0.29) is 37.5 Å². The van der Waals surface area contributed by atoms with E-state index >= 15 is 0 Å². The molecule has 170 valence electrons. The van der Waals surface area contributed by atoms with E-state index in [4.69, 9.17) is 9.84 Å². The monoisotopic (exact) mass is 449 g/mol. The number of ether oxygens (including phenoxy) is 1. The number of hydrogen-bond acceptors (Lipinski definition) is 4. The van der Waals surface area contributed by atoms with Crippen LogP contribution in [-0.4, -0.2) is 34.9 Å². The third kappa shape index (κ3) is 5.31. The van der Waals surface area contributed by atoms with E-state index in [0.717, 1.165) is 28.3 Å². The standard InChI is InChI=1S/C26H24FNO5/c27-17-11-16(13-19(29)14-17)12-18(9-10-25(30)31)28-26(32)33-15-24-22-7-3-1-5-20(22)21-6-2-4-8-23(21)24/h1-8,11,13-14,18,24,29H,9-10,12,15H2,(H,28,32)(H,30,31). The molecule has 4 rings (SSSR count). The highest BCUT2D eigenvalue weighted by Gasteiger charge is 2.29. The van der Waals surface area contributed by atoms with Crippen molar-refractivity contribution in [2.45, 2.75) is 31.2 Å². The molecule has 1 aliphatic rings. The number of aromatic hydroxyl groups is 1. The molecule has 0 aromatic heterocycles. The number of alkyl carbamates (subject to hydrolysis) is 1. The van der Waals surface area contributed by atoms with Gasteiger partial charge in [0.05, 0.1) is 0 Å². The van der Waals surface area contributed by atoms with Crippen LogP contribution < -0.4 is 5.32 Å². The lowest BCUT2D eigenvalue weighted by atomic mass is 9.98. The maximum atomic E-state index is 13.6. The zero-order valence-electron chi connectivity index (χ0n) is 17.8. The molecule has 0 saturated carbocycles. The maximum absolute atomic E-state index is 13.6. The summed E-state index contributed by atoms with van der Waals surface area (Å²) in [5.74, 6) is -1.94. The van der Waals surface area contributed by atoms with Gasteiger partial charge in [-0.2, -0.15) is 0 Å². The first-order chi connectivity index (χ1) is 15.9. The molecule has 6 nitrogen and oxygen atoms in total. The summed E-state index contributed by atoms with van der Waals surface area (Å²) in [5, 5.41) is 21.4. The number of aliphatic carboxylic acids is 1. The van der Waals surface area contributed by atoms with Crippen LogP contribution in [0.25, 0.3) is 11.1 Å². The fraction of sp³-hybridized carbons (Fsp3) is 0.231. The van der Waals surface area contributed by atoms with Crippen LogP contribution in [0.3, 0.4) is 0 Å². The summed E-state index contributed by atoms with van der Waals surface area (Å²) in [5.41, 5.74) is 4.86. The van der Waals surface area contributed by atoms with Gasteiger partial charge in [-0.1, -0.05) is 48.5 Å². The molecule has 0 heterocycles. The molecule has 3 N–H and O–H groups in total. The molecule has 0 bridgehead atoms. The zero-order valence-corrected chi connectivity index (χ0v) is 17.8. The van der Waals surface area contributed by atoms with Gasteiger partial charge in [0.15, 0.2) is 0 Å². The first-order valence-corrected chi connectivity index (χ1v) is 10.7. The average Bonchev–Trinajstić information content (AvgIpc) is 3.09. The molecule has 1 atom stereocenters. The van der Waals surface area contributed by atoms with Crippen LogP contribution in [0.2, 0.25) is 0 Å². The minimum absolute atomic E-state index is 0.0965. The number of hydrogen-bond donors (Lipinski definition) is 3. The van der Waals surface area contributed by atoms with Gasteiger partial charge < -0.3 is 20.3 Å². The summed E-state index contributed by atoms with van der Waals surface area (Å²) in [6, 6.07) is 19.0. The van der Waals surface area contributed by atoms with Crippen LogP contribution in [0.4, 0.5) is 9.18 Å². The van der Waals surface area contributed by atoms with E-state index in [1.807, 2.05) is 48.5 Å². The smallest absolute Gasteiger partial charge is 0.407 e. The summed E-state index contributed by atoms with van der Waals surface area (Å²) < 4.78 is 19.2. The molecule has 33 heavy (non-hydrogen) atoms. The highest BCUT2D eigenvalue weighted by atomic mass is 19.1. The summed E-state index contributed by atoms with van der Waals surface area (Å²) in [6.45, 7) is 0.131. The topological polar surface area (TPSA) is 95.9 Å². The van der Waals surface area contributed by atoms with Crippen molar-refractivity contribution >= 4 is 12.1 Å². The molecule has 3 aromatic carbocycles. The first-order valence-electron chi connectivity index (χ1n) is 10.7. The van der Waals surface area contributed by atoms with Crippen LogP contribution in [0.5, 0.6) is 5.75 Å². The Morgan fingerprint density at radius 2 is 1.64 bits per heavy atom. The molecule has 1 aliphatic carbocycles. The third-order valence-corrected chi connectivity index (χ3v) is 5.80. The number of phenolic OH excluding ortho intramolecular Hbond substituents is 1. The van der Waals surface area contributed by atoms with Crippen LogP contribution in [-0.2, 0) is 16.0 Å². The quantitative estimate of drug-likeness (QED) is 0.457. The Kier molecular flexibility index (Phi) is 6.58. The largest absolute Gasteiger partial charge is 0.508 e. The number of carbonyl (C=O) groups is 2. The van der Waals surface area contributed by atoms with Gasteiger partial charge in [-0.05, 0) is 52.8 Å². The number of rotatable bonds is 8. The Morgan fingerprint density at radius 1 is 1.00 bits per heavy atom. The van der Waals surface area contributed by atoms with E-state index in [9.17, 15) is 19.1 Å². The molecule has 0 saturated heterocycles. The summed E-state index contributed by atoms with van der Waals surface area (Å²) in [6.07, 6.45) is -0.553. The maximum Gasteiger partial charge on any atom is 0.407 e. The second kappa shape index (κ2) is 9.73. The van der Waals surface area contributed by atoms with Crippen molar-refractivity contribution in [3.63, 3.8) is 0 Å². The van der Waals surface area contributed by atoms with Gasteiger partial charge in [0, 0.05) is 24.4 Å². The molecular weight excluding hydrogens is 425 g/mol. The predicted molar refractivity (Wildman–Crippen MR) is 121 cm³/mol. The third-order valence-electron chi connectivity index (χ3n) is 5.80. The minimum Gasteiger partial charge on any atom is -0.508 e. The number of carbonyl (C=O) groups excluding carboxylic acids is 1. The Morgan fingerprint density at radius 3 is 2.24 bits per heavy atom. The summed E-state index contributed by atoms with van der Waals surface area (Å²) in [4.78, 5) is 23.6. The van der Waals surface area contributed by atoms with Crippen molar-refractivity contribution < 1.29 is 28.9 Å². The molecule has 0 radical (unpaired) electrons. The van der Waals surface area contributed by atoms with Crippen molar-refractivity contribution in [1.29, 1.82) is 0 Å². The number of carboxylic acid groups (broad SMARTS) is 1. The molecule has 3 aromatic rings. The van der Waals surface area contributed by atoms with E-state index in [1.54, 1.807) is 0 Å². The molecule has 1 amide bonds. The minimum atomic E-state index is -1.00. The van der Waals surface area contributed by atoms with E-state index < -0.39 is 23.9 Å². The Hall–Kier alpha value is -3.87. The van der Waals surface area contributed by atoms with E-state index in [1.165, 1.54) is 12.1 Å². The van der Waals surface area contributed by atoms with E-state index in [2.05, 4.69) is 5.32 Å². The van der Waals surface area contributed by atoms with Crippen molar-refractivity contribution in [3.8, 4) is 16.9 Å². The molecule has 0 fully saturated rings. The van der Waals surface area contributed by atoms with Crippen molar-refractivity contribution in [3.05, 3.63) is 89.2 Å². The number of carboxylic acids is 1. The molecule has 0 aliphatic heterocycles. The van der Waals surface area contributed by atoms with Crippen LogP contribution in [0.15, 0.2) is 66.7 Å². The molecular formula is C26H24FNO5. The number of nitrogens with one attached hydrogen (secondary N) is 1. The van der Waals surface area contributed by atoms with E-state index in [0.29, 0.717) is 5.56 Å². The van der Waals surface area contributed by atoms with Gasteiger partial charge in [0.1, 0.15) is 18.2 Å². The number of phenols is 1. The predicted octanol–water partition coefficient (Wildman–Crippen LogP) is 4.85. The van der Waals surface area contributed by atoms with Gasteiger partial charge in [-0.3, -0.25) is 4.79 Å². The average molecular weight is 449 g/mol. The number of fused-ring (bicyclic) bond motifs is 3. The Balaban J connectivity index is 1.43. The lowest BCUT2D eigenvalue weighted by Gasteiger charge is -2.20. The van der Waals surface area contributed by atoms with Crippen molar-refractivity contribution in [2.24, 2.45) is 0 Å². The molecule has 0 spiro atoms. The SMILES string of the molecule is O=C(O)CCC(Cc1cc(O)cc(F)c1)NC(=O)OCC1c2ccccc2-c2ccccc21. The highest BCUT2D eigenvalue weighted by Crippen LogP contribution is 2.44. The van der Waals surface area contributed by atoms with Crippen molar-refractivity contribution in [1.82, 2.24) is 5.32 Å². The van der Waals surface area contributed by atoms with Gasteiger partial charge in [0.25, 0.3) is 0 Å². The summed E-state index contributed by atoms with van der Waals surface area (Å²) in [7, 11) is 0. The Bertz CT molecular complexity index is 1110.